The number of nitrogens with zero attached hydrogens (tertiary/aromatic N) is 2. The number of ether oxygens (including phenoxy) is 1. The lowest BCUT2D eigenvalue weighted by atomic mass is 9.93. The fraction of sp³-hybridized carbons (Fsp3) is 0.290. The van der Waals surface area contributed by atoms with Crippen molar-refractivity contribution in [2.45, 2.75) is 40.7 Å². The van der Waals surface area contributed by atoms with Crippen molar-refractivity contribution in [1.82, 2.24) is 0 Å². The number of rotatable bonds is 7. The fourth-order valence-electron chi connectivity index (χ4n) is 5.21. The van der Waals surface area contributed by atoms with E-state index in [4.69, 9.17) is 4.74 Å². The topological polar surface area (TPSA) is 70.1 Å². The lowest BCUT2D eigenvalue weighted by molar-refractivity contribution is -0.132. The minimum atomic E-state index is -0.787. The maximum Gasteiger partial charge on any atom is 0.300 e. The zero-order valence-corrected chi connectivity index (χ0v) is 22.3. The normalized spacial score (nSPS) is 16.8. The number of hydrogen-bond donors (Lipinski definition) is 1. The molecule has 1 heterocycles. The van der Waals surface area contributed by atoms with E-state index in [9.17, 15) is 14.7 Å². The molecule has 3 aromatic carbocycles. The number of carbonyl (C=O) groups is 2. The number of aryl methyl sites for hydroxylation is 3. The van der Waals surface area contributed by atoms with E-state index < -0.39 is 17.7 Å². The first-order valence-corrected chi connectivity index (χ1v) is 12.6. The summed E-state index contributed by atoms with van der Waals surface area (Å²) in [5, 5.41) is 11.6. The number of aliphatic hydroxyl groups is 1. The molecule has 1 amide bonds. The SMILES string of the molecule is CCN(CC)c1ccc(N2C(=O)C(=O)/C(=C(/O)c3cc(C)cc(C)c3OC)C2c2cccc(C)c2)cc1. The van der Waals surface area contributed by atoms with Crippen molar-refractivity contribution in [2.75, 3.05) is 30.0 Å². The number of carbonyl (C=O) groups excluding carboxylic acids is 2. The minimum Gasteiger partial charge on any atom is -0.507 e. The van der Waals surface area contributed by atoms with Crippen LogP contribution < -0.4 is 14.5 Å². The largest absolute Gasteiger partial charge is 0.507 e. The Hall–Kier alpha value is -4.06. The molecule has 1 aliphatic rings. The third-order valence-electron chi connectivity index (χ3n) is 6.94. The first-order chi connectivity index (χ1) is 17.7. The molecule has 1 unspecified atom stereocenters. The van der Waals surface area contributed by atoms with Gasteiger partial charge in [0.2, 0.25) is 0 Å². The van der Waals surface area contributed by atoms with E-state index >= 15 is 0 Å². The molecule has 3 aromatic rings. The number of aliphatic hydroxyl groups excluding tert-OH is 1. The summed E-state index contributed by atoms with van der Waals surface area (Å²) in [5.41, 5.74) is 5.55. The van der Waals surface area contributed by atoms with Crippen LogP contribution in [0.2, 0.25) is 0 Å². The molecule has 6 nitrogen and oxygen atoms in total. The van der Waals surface area contributed by atoms with Gasteiger partial charge in [-0.05, 0) is 81.6 Å². The second kappa shape index (κ2) is 10.5. The number of amides is 1. The number of benzene rings is 3. The standard InChI is InChI=1S/C31H34N2O4/c1-7-32(8-2)23-12-14-24(15-13-23)33-27(22-11-9-10-19(3)17-22)26(29(35)31(33)36)28(34)25-18-20(4)16-21(5)30(25)37-6/h9-18,27,34H,7-8H2,1-6H3/b28-26+. The molecule has 0 aliphatic carbocycles. The molecule has 1 fully saturated rings. The Bertz CT molecular complexity index is 1370. The van der Waals surface area contributed by atoms with Crippen LogP contribution in [0.1, 0.15) is 47.7 Å². The van der Waals surface area contributed by atoms with Crippen LogP contribution in [-0.2, 0) is 9.59 Å². The average Bonchev–Trinajstić information content (AvgIpc) is 3.14. The van der Waals surface area contributed by atoms with Gasteiger partial charge in [-0.2, -0.15) is 0 Å². The second-order valence-electron chi connectivity index (χ2n) is 9.43. The third kappa shape index (κ3) is 4.71. The van der Waals surface area contributed by atoms with E-state index in [0.717, 1.165) is 41.0 Å². The second-order valence-corrected chi connectivity index (χ2v) is 9.43. The molecule has 192 valence electrons. The van der Waals surface area contributed by atoms with Crippen molar-refractivity contribution in [3.8, 4) is 5.75 Å². The van der Waals surface area contributed by atoms with Crippen LogP contribution in [0, 0.1) is 20.8 Å². The minimum absolute atomic E-state index is 0.0479. The molecule has 1 atom stereocenters. The van der Waals surface area contributed by atoms with Gasteiger partial charge >= 0.3 is 0 Å². The summed E-state index contributed by atoms with van der Waals surface area (Å²) in [6.45, 7) is 11.7. The zero-order chi connectivity index (χ0) is 26.9. The molecule has 0 aromatic heterocycles. The van der Waals surface area contributed by atoms with Gasteiger partial charge in [-0.3, -0.25) is 14.5 Å². The number of Topliss-reactive ketones (excluding diaryl/α,β-unsaturated/α-hetero) is 1. The van der Waals surface area contributed by atoms with Gasteiger partial charge in [-0.25, -0.2) is 0 Å². The van der Waals surface area contributed by atoms with Crippen LogP contribution in [0.4, 0.5) is 11.4 Å². The summed E-state index contributed by atoms with van der Waals surface area (Å²) in [7, 11) is 1.53. The fourth-order valence-corrected chi connectivity index (χ4v) is 5.21. The van der Waals surface area contributed by atoms with E-state index in [2.05, 4.69) is 18.7 Å². The predicted molar refractivity (Wildman–Crippen MR) is 148 cm³/mol. The van der Waals surface area contributed by atoms with Gasteiger partial charge in [0, 0.05) is 24.5 Å². The lowest BCUT2D eigenvalue weighted by Gasteiger charge is -2.27. The van der Waals surface area contributed by atoms with Crippen LogP contribution in [0.5, 0.6) is 5.75 Å². The van der Waals surface area contributed by atoms with Crippen LogP contribution in [0.15, 0.2) is 66.2 Å². The molecular formula is C31H34N2O4. The average molecular weight is 499 g/mol. The van der Waals surface area contributed by atoms with Gasteiger partial charge in [0.05, 0.1) is 24.3 Å². The van der Waals surface area contributed by atoms with Crippen molar-refractivity contribution in [3.63, 3.8) is 0 Å². The summed E-state index contributed by atoms with van der Waals surface area (Å²) >= 11 is 0. The maximum atomic E-state index is 13.6. The molecular weight excluding hydrogens is 464 g/mol. The summed E-state index contributed by atoms with van der Waals surface area (Å²) < 4.78 is 5.59. The summed E-state index contributed by atoms with van der Waals surface area (Å²) in [5.74, 6) is -1.17. The van der Waals surface area contributed by atoms with Gasteiger partial charge in [-0.1, -0.05) is 35.9 Å². The first-order valence-electron chi connectivity index (χ1n) is 12.6. The lowest BCUT2D eigenvalue weighted by Crippen LogP contribution is -2.29. The summed E-state index contributed by atoms with van der Waals surface area (Å²) in [6.07, 6.45) is 0. The van der Waals surface area contributed by atoms with E-state index in [0.29, 0.717) is 17.0 Å². The Morgan fingerprint density at radius 3 is 2.22 bits per heavy atom. The smallest absolute Gasteiger partial charge is 0.300 e. The van der Waals surface area contributed by atoms with E-state index in [1.165, 1.54) is 12.0 Å². The van der Waals surface area contributed by atoms with Crippen LogP contribution >= 0.6 is 0 Å². The molecule has 0 saturated carbocycles. The van der Waals surface area contributed by atoms with Crippen molar-refractivity contribution in [1.29, 1.82) is 0 Å². The van der Waals surface area contributed by atoms with Crippen LogP contribution in [-0.4, -0.2) is 37.0 Å². The molecule has 1 saturated heterocycles. The van der Waals surface area contributed by atoms with Crippen LogP contribution in [0.25, 0.3) is 5.76 Å². The number of ketones is 1. The Labute approximate surface area is 218 Å². The maximum absolute atomic E-state index is 13.6. The van der Waals surface area contributed by atoms with Crippen molar-refractivity contribution >= 4 is 28.8 Å². The highest BCUT2D eigenvalue weighted by Gasteiger charge is 2.47. The van der Waals surface area contributed by atoms with Gasteiger partial charge in [0.25, 0.3) is 11.7 Å². The van der Waals surface area contributed by atoms with Gasteiger partial charge in [0.15, 0.2) is 0 Å². The molecule has 1 N–H and O–H groups in total. The quantitative estimate of drug-likeness (QED) is 0.242. The van der Waals surface area contributed by atoms with E-state index in [1.807, 2.05) is 75.4 Å². The van der Waals surface area contributed by atoms with Crippen molar-refractivity contribution in [2.24, 2.45) is 0 Å². The molecule has 0 radical (unpaired) electrons. The summed E-state index contributed by atoms with van der Waals surface area (Å²) in [4.78, 5) is 30.8. The Morgan fingerprint density at radius 2 is 1.62 bits per heavy atom. The zero-order valence-electron chi connectivity index (χ0n) is 22.3. The highest BCUT2D eigenvalue weighted by atomic mass is 16.5. The van der Waals surface area contributed by atoms with Gasteiger partial charge < -0.3 is 14.7 Å². The Balaban J connectivity index is 1.94. The number of hydrogen-bond acceptors (Lipinski definition) is 5. The van der Waals surface area contributed by atoms with E-state index in [-0.39, 0.29) is 11.3 Å². The predicted octanol–water partition coefficient (Wildman–Crippen LogP) is 6.09. The van der Waals surface area contributed by atoms with E-state index in [1.54, 1.807) is 6.07 Å². The highest BCUT2D eigenvalue weighted by molar-refractivity contribution is 6.51. The molecule has 4 rings (SSSR count). The Morgan fingerprint density at radius 1 is 0.946 bits per heavy atom. The van der Waals surface area contributed by atoms with Crippen molar-refractivity contribution < 1.29 is 19.4 Å². The van der Waals surface area contributed by atoms with Crippen molar-refractivity contribution in [3.05, 3.63) is 94.1 Å². The molecule has 0 bridgehead atoms. The number of anilines is 2. The third-order valence-corrected chi connectivity index (χ3v) is 6.94. The molecule has 1 aliphatic heterocycles. The van der Waals surface area contributed by atoms with Crippen LogP contribution in [0.3, 0.4) is 0 Å². The highest BCUT2D eigenvalue weighted by Crippen LogP contribution is 2.44. The van der Waals surface area contributed by atoms with Gasteiger partial charge in [0.1, 0.15) is 11.5 Å². The molecule has 0 spiro atoms. The molecule has 37 heavy (non-hydrogen) atoms. The first kappa shape index (κ1) is 26.0. The Kier molecular flexibility index (Phi) is 7.39. The number of methoxy groups -OCH3 is 1. The monoisotopic (exact) mass is 498 g/mol. The summed E-state index contributed by atoms with van der Waals surface area (Å²) in [6, 6.07) is 18.3. The van der Waals surface area contributed by atoms with Gasteiger partial charge in [-0.15, -0.1) is 0 Å². The molecule has 6 heteroatoms.